The van der Waals surface area contributed by atoms with Crippen LogP contribution in [0.3, 0.4) is 0 Å². The lowest BCUT2D eigenvalue weighted by Gasteiger charge is -2.32. The maximum Gasteiger partial charge on any atom is 0.217 e. The largest absolute Gasteiger partial charge is 0.314 e. The lowest BCUT2D eigenvalue weighted by Crippen LogP contribution is -2.57. The maximum absolute atomic E-state index is 11.5. The first-order valence-corrected chi connectivity index (χ1v) is 5.95. The highest BCUT2D eigenvalue weighted by Gasteiger charge is 2.33. The molecule has 1 aliphatic heterocycles. The number of hydrogen-bond acceptors (Lipinski definition) is 3. The summed E-state index contributed by atoms with van der Waals surface area (Å²) in [7, 11) is -3.00. The van der Waals surface area contributed by atoms with E-state index in [0.717, 1.165) is 19.3 Å². The van der Waals surface area contributed by atoms with Gasteiger partial charge in [0.25, 0.3) is 0 Å². The van der Waals surface area contributed by atoms with E-state index in [4.69, 9.17) is 0 Å². The van der Waals surface area contributed by atoms with Gasteiger partial charge in [-0.1, -0.05) is 6.42 Å². The average molecular weight is 190 g/mol. The smallest absolute Gasteiger partial charge is 0.217 e. The van der Waals surface area contributed by atoms with Crippen molar-refractivity contribution in [2.75, 3.05) is 13.1 Å². The summed E-state index contributed by atoms with van der Waals surface area (Å²) in [6.45, 7) is 1.23. The molecule has 0 amide bonds. The Morgan fingerprint density at radius 2 is 1.92 bits per heavy atom. The van der Waals surface area contributed by atoms with Crippen LogP contribution in [0.4, 0.5) is 0 Å². The molecule has 12 heavy (non-hydrogen) atoms. The topological polar surface area (TPSA) is 58.2 Å². The highest BCUT2D eigenvalue weighted by Crippen LogP contribution is 2.20. The Hall–Kier alpha value is -0.130. The standard InChI is InChI=1S/C7H14N2O2S/c10-12(11,7-4-8-5-7)9-6-2-1-3-6/h6-9H,1-5H2. The molecule has 2 rings (SSSR count). The van der Waals surface area contributed by atoms with Crippen LogP contribution in [0, 0.1) is 0 Å². The van der Waals surface area contributed by atoms with Gasteiger partial charge in [-0.15, -0.1) is 0 Å². The summed E-state index contributed by atoms with van der Waals surface area (Å²) in [5, 5.41) is 2.78. The van der Waals surface area contributed by atoms with Crippen LogP contribution in [-0.4, -0.2) is 32.8 Å². The van der Waals surface area contributed by atoms with Crippen LogP contribution in [0.25, 0.3) is 0 Å². The summed E-state index contributed by atoms with van der Waals surface area (Å²) >= 11 is 0. The summed E-state index contributed by atoms with van der Waals surface area (Å²) in [4.78, 5) is 0. The van der Waals surface area contributed by atoms with Gasteiger partial charge in [0.05, 0.1) is 0 Å². The molecule has 1 heterocycles. The molecule has 4 nitrogen and oxygen atoms in total. The predicted molar refractivity (Wildman–Crippen MR) is 46.4 cm³/mol. The molecule has 0 bridgehead atoms. The van der Waals surface area contributed by atoms with E-state index in [9.17, 15) is 8.42 Å². The minimum atomic E-state index is -3.00. The third-order valence-corrected chi connectivity index (χ3v) is 4.49. The van der Waals surface area contributed by atoms with Gasteiger partial charge in [-0.25, -0.2) is 13.1 Å². The molecule has 2 aliphatic rings. The van der Waals surface area contributed by atoms with Gasteiger partial charge >= 0.3 is 0 Å². The van der Waals surface area contributed by atoms with Crippen molar-refractivity contribution in [3.63, 3.8) is 0 Å². The molecule has 0 atom stereocenters. The minimum absolute atomic E-state index is 0.182. The number of nitrogens with one attached hydrogen (secondary N) is 2. The second-order valence-corrected chi connectivity index (χ2v) is 5.56. The highest BCUT2D eigenvalue weighted by atomic mass is 32.2. The fourth-order valence-corrected chi connectivity index (χ4v) is 2.90. The zero-order valence-corrected chi connectivity index (χ0v) is 7.73. The summed E-state index contributed by atoms with van der Waals surface area (Å²) in [6, 6.07) is 0.232. The van der Waals surface area contributed by atoms with Crippen molar-refractivity contribution in [2.45, 2.75) is 30.6 Å². The Kier molecular flexibility index (Phi) is 2.10. The van der Waals surface area contributed by atoms with E-state index >= 15 is 0 Å². The molecule has 0 aromatic heterocycles. The number of hydrogen-bond donors (Lipinski definition) is 2. The Labute approximate surface area is 72.8 Å². The van der Waals surface area contributed by atoms with Gasteiger partial charge in [0.15, 0.2) is 0 Å². The summed E-state index contributed by atoms with van der Waals surface area (Å²) < 4.78 is 25.7. The normalized spacial score (nSPS) is 26.3. The minimum Gasteiger partial charge on any atom is -0.314 e. The molecule has 1 saturated heterocycles. The molecule has 5 heteroatoms. The maximum atomic E-state index is 11.5. The zero-order chi connectivity index (χ0) is 8.60. The fourth-order valence-electron chi connectivity index (χ4n) is 1.34. The molecule has 1 aliphatic carbocycles. The lowest BCUT2D eigenvalue weighted by molar-refractivity contribution is 0.377. The Morgan fingerprint density at radius 3 is 2.25 bits per heavy atom. The van der Waals surface area contributed by atoms with E-state index in [0.29, 0.717) is 13.1 Å². The van der Waals surface area contributed by atoms with E-state index in [1.165, 1.54) is 0 Å². The predicted octanol–water partition coefficient (Wildman–Crippen LogP) is -0.570. The Morgan fingerprint density at radius 1 is 1.25 bits per heavy atom. The van der Waals surface area contributed by atoms with Crippen molar-refractivity contribution in [3.05, 3.63) is 0 Å². The molecule has 2 N–H and O–H groups in total. The first-order chi connectivity index (χ1) is 5.68. The van der Waals surface area contributed by atoms with Crippen molar-refractivity contribution in [3.8, 4) is 0 Å². The Bertz CT molecular complexity index is 255. The van der Waals surface area contributed by atoms with Gasteiger partial charge in [0.1, 0.15) is 5.25 Å². The first-order valence-electron chi connectivity index (χ1n) is 4.40. The van der Waals surface area contributed by atoms with E-state index in [1.807, 2.05) is 0 Å². The zero-order valence-electron chi connectivity index (χ0n) is 6.91. The molecule has 2 fully saturated rings. The molecule has 1 saturated carbocycles. The SMILES string of the molecule is O=S(=O)(NC1CCC1)C1CNC1. The molecule has 0 aromatic carbocycles. The average Bonchev–Trinajstić information content (AvgIpc) is 1.73. The quantitative estimate of drug-likeness (QED) is 0.626. The van der Waals surface area contributed by atoms with E-state index in [-0.39, 0.29) is 11.3 Å². The highest BCUT2D eigenvalue weighted by molar-refractivity contribution is 7.90. The number of sulfonamides is 1. The van der Waals surface area contributed by atoms with Crippen molar-refractivity contribution in [1.29, 1.82) is 0 Å². The molecule has 0 radical (unpaired) electrons. The van der Waals surface area contributed by atoms with Crippen LogP contribution < -0.4 is 10.0 Å². The van der Waals surface area contributed by atoms with E-state index < -0.39 is 10.0 Å². The van der Waals surface area contributed by atoms with Crippen molar-refractivity contribution in [2.24, 2.45) is 0 Å². The molecule has 0 unspecified atom stereocenters. The third kappa shape index (κ3) is 1.48. The summed E-state index contributed by atoms with van der Waals surface area (Å²) in [5.41, 5.74) is 0. The van der Waals surface area contributed by atoms with Crippen molar-refractivity contribution < 1.29 is 8.42 Å². The van der Waals surface area contributed by atoms with Gasteiger partial charge in [-0.2, -0.15) is 0 Å². The van der Waals surface area contributed by atoms with Crippen LogP contribution in [0.5, 0.6) is 0 Å². The van der Waals surface area contributed by atoms with Gasteiger partial charge in [-0.05, 0) is 12.8 Å². The molecule has 0 aromatic rings. The van der Waals surface area contributed by atoms with Gasteiger partial charge < -0.3 is 5.32 Å². The lowest BCUT2D eigenvalue weighted by atomic mass is 9.94. The van der Waals surface area contributed by atoms with Crippen molar-refractivity contribution in [1.82, 2.24) is 10.0 Å². The fraction of sp³-hybridized carbons (Fsp3) is 1.00. The van der Waals surface area contributed by atoms with Crippen LogP contribution in [0.1, 0.15) is 19.3 Å². The van der Waals surface area contributed by atoms with E-state index in [2.05, 4.69) is 10.0 Å². The van der Waals surface area contributed by atoms with Crippen LogP contribution in [0.15, 0.2) is 0 Å². The Balaban J connectivity index is 1.90. The molecular weight excluding hydrogens is 176 g/mol. The summed E-state index contributed by atoms with van der Waals surface area (Å²) in [5.74, 6) is 0. The second kappa shape index (κ2) is 2.97. The second-order valence-electron chi connectivity index (χ2n) is 3.57. The van der Waals surface area contributed by atoms with Crippen LogP contribution in [0.2, 0.25) is 0 Å². The van der Waals surface area contributed by atoms with Crippen LogP contribution >= 0.6 is 0 Å². The molecular formula is C7H14N2O2S. The first kappa shape index (κ1) is 8.47. The monoisotopic (exact) mass is 190 g/mol. The third-order valence-electron chi connectivity index (χ3n) is 2.62. The van der Waals surface area contributed by atoms with E-state index in [1.54, 1.807) is 0 Å². The van der Waals surface area contributed by atoms with Crippen LogP contribution in [-0.2, 0) is 10.0 Å². The van der Waals surface area contributed by atoms with Gasteiger partial charge in [0, 0.05) is 19.1 Å². The van der Waals surface area contributed by atoms with Crippen molar-refractivity contribution >= 4 is 10.0 Å². The molecule has 0 spiro atoms. The number of rotatable bonds is 3. The van der Waals surface area contributed by atoms with Gasteiger partial charge in [-0.3, -0.25) is 0 Å². The summed E-state index contributed by atoms with van der Waals surface area (Å²) in [6.07, 6.45) is 3.19. The molecule has 70 valence electrons. The van der Waals surface area contributed by atoms with Gasteiger partial charge in [0.2, 0.25) is 10.0 Å².